The molecule has 1 heterocycles. The second kappa shape index (κ2) is 7.09. The summed E-state index contributed by atoms with van der Waals surface area (Å²) in [6.45, 7) is 2.37. The van der Waals surface area contributed by atoms with Crippen molar-refractivity contribution in [3.05, 3.63) is 44.3 Å². The Hall–Kier alpha value is -1.63. The molecule has 126 valence electrons. The fourth-order valence-corrected chi connectivity index (χ4v) is 3.43. The van der Waals surface area contributed by atoms with E-state index in [1.807, 2.05) is 6.92 Å². The zero-order valence-electron chi connectivity index (χ0n) is 12.5. The summed E-state index contributed by atoms with van der Waals surface area (Å²) >= 11 is 15.6. The van der Waals surface area contributed by atoms with E-state index in [4.69, 9.17) is 37.4 Å². The maximum Gasteiger partial charge on any atom is 0.255 e. The molecule has 0 saturated carbocycles. The summed E-state index contributed by atoms with van der Waals surface area (Å²) in [6, 6.07) is 6.40. The fourth-order valence-electron chi connectivity index (χ4n) is 2.24. The lowest BCUT2D eigenvalue weighted by Crippen LogP contribution is -2.13. The summed E-state index contributed by atoms with van der Waals surface area (Å²) in [6.07, 6.45) is 0. The summed E-state index contributed by atoms with van der Waals surface area (Å²) in [5.41, 5.74) is 0.790. The molecule has 8 heteroatoms. The van der Waals surface area contributed by atoms with Crippen molar-refractivity contribution in [3.8, 4) is 17.2 Å². The zero-order valence-corrected chi connectivity index (χ0v) is 15.6. The number of carbonyl (C=O) groups is 1. The maximum atomic E-state index is 12.6. The van der Waals surface area contributed by atoms with E-state index >= 15 is 0 Å². The predicted molar refractivity (Wildman–Crippen MR) is 95.8 cm³/mol. The van der Waals surface area contributed by atoms with Crippen molar-refractivity contribution in [2.45, 2.75) is 6.92 Å². The Labute approximate surface area is 156 Å². The number of carbonyl (C=O) groups excluding carboxylic acids is 1. The van der Waals surface area contributed by atoms with Gasteiger partial charge in [0, 0.05) is 10.6 Å². The summed E-state index contributed by atoms with van der Waals surface area (Å²) in [5, 5.41) is 3.55. The molecule has 0 atom stereocenters. The van der Waals surface area contributed by atoms with E-state index in [-0.39, 0.29) is 12.7 Å². The van der Waals surface area contributed by atoms with Gasteiger partial charge in [-0.3, -0.25) is 4.79 Å². The minimum atomic E-state index is -0.370. The third kappa shape index (κ3) is 3.41. The van der Waals surface area contributed by atoms with Crippen LogP contribution in [0.2, 0.25) is 10.0 Å². The standard InChI is InChI=1S/C16H12BrCl2NO4/c1-2-22-14-10(17)5-9(18)6-12(14)20-16(21)8-3-11(19)15-13(4-8)23-7-24-15/h3-6H,2,7H2,1H3,(H,20,21). The van der Waals surface area contributed by atoms with Crippen LogP contribution >= 0.6 is 39.1 Å². The van der Waals surface area contributed by atoms with Gasteiger partial charge < -0.3 is 19.5 Å². The quantitative estimate of drug-likeness (QED) is 0.726. The van der Waals surface area contributed by atoms with Gasteiger partial charge in [-0.25, -0.2) is 0 Å². The van der Waals surface area contributed by atoms with E-state index in [1.54, 1.807) is 18.2 Å². The third-order valence-electron chi connectivity index (χ3n) is 3.23. The Morgan fingerprint density at radius 1 is 1.29 bits per heavy atom. The van der Waals surface area contributed by atoms with E-state index in [1.165, 1.54) is 6.07 Å². The number of nitrogens with one attached hydrogen (secondary N) is 1. The Kier molecular flexibility index (Phi) is 5.08. The van der Waals surface area contributed by atoms with Crippen molar-refractivity contribution in [2.75, 3.05) is 18.7 Å². The molecule has 2 aromatic carbocycles. The normalized spacial score (nSPS) is 12.2. The van der Waals surface area contributed by atoms with Crippen molar-refractivity contribution in [2.24, 2.45) is 0 Å². The molecule has 5 nitrogen and oxygen atoms in total. The van der Waals surface area contributed by atoms with Gasteiger partial charge in [-0.2, -0.15) is 0 Å². The highest BCUT2D eigenvalue weighted by atomic mass is 79.9. The molecule has 0 saturated heterocycles. The number of amides is 1. The molecular formula is C16H12BrCl2NO4. The monoisotopic (exact) mass is 431 g/mol. The lowest BCUT2D eigenvalue weighted by molar-refractivity contribution is 0.102. The zero-order chi connectivity index (χ0) is 17.3. The van der Waals surface area contributed by atoms with Gasteiger partial charge in [-0.1, -0.05) is 23.2 Å². The molecule has 1 N–H and O–H groups in total. The van der Waals surface area contributed by atoms with Crippen LogP contribution in [0.15, 0.2) is 28.7 Å². The molecule has 1 aliphatic rings. The second-order valence-corrected chi connectivity index (χ2v) is 6.54. The summed E-state index contributed by atoms with van der Waals surface area (Å²) in [4.78, 5) is 12.6. The van der Waals surface area contributed by atoms with Crippen LogP contribution in [0.25, 0.3) is 0 Å². The molecule has 2 aromatic rings. The maximum absolute atomic E-state index is 12.6. The molecule has 1 aliphatic heterocycles. The summed E-state index contributed by atoms with van der Waals surface area (Å²) in [7, 11) is 0. The Morgan fingerprint density at radius 3 is 2.83 bits per heavy atom. The number of halogens is 3. The number of hydrogen-bond acceptors (Lipinski definition) is 4. The van der Waals surface area contributed by atoms with E-state index < -0.39 is 0 Å². The van der Waals surface area contributed by atoms with Gasteiger partial charge in [0.15, 0.2) is 17.2 Å². The number of ether oxygens (including phenoxy) is 3. The van der Waals surface area contributed by atoms with Crippen LogP contribution in [-0.2, 0) is 0 Å². The molecule has 0 bridgehead atoms. The molecule has 24 heavy (non-hydrogen) atoms. The third-order valence-corrected chi connectivity index (χ3v) is 4.32. The van der Waals surface area contributed by atoms with Crippen LogP contribution in [0.1, 0.15) is 17.3 Å². The first-order valence-corrected chi connectivity index (χ1v) is 8.56. The van der Waals surface area contributed by atoms with Crippen LogP contribution < -0.4 is 19.5 Å². The molecule has 1 amide bonds. The first kappa shape index (κ1) is 17.2. The van der Waals surface area contributed by atoms with E-state index in [0.717, 1.165) is 0 Å². The lowest BCUT2D eigenvalue weighted by Gasteiger charge is -2.14. The first-order chi connectivity index (χ1) is 11.5. The topological polar surface area (TPSA) is 56.8 Å². The minimum absolute atomic E-state index is 0.0792. The average Bonchev–Trinajstić information content (AvgIpc) is 2.99. The van der Waals surface area contributed by atoms with Crippen LogP contribution in [-0.4, -0.2) is 19.3 Å². The van der Waals surface area contributed by atoms with E-state index in [2.05, 4.69) is 21.2 Å². The first-order valence-electron chi connectivity index (χ1n) is 7.02. The minimum Gasteiger partial charge on any atom is -0.491 e. The molecular weight excluding hydrogens is 421 g/mol. The molecule has 0 aromatic heterocycles. The lowest BCUT2D eigenvalue weighted by atomic mass is 10.1. The molecule has 0 radical (unpaired) electrons. The molecule has 0 unspecified atom stereocenters. The highest BCUT2D eigenvalue weighted by molar-refractivity contribution is 9.10. The van der Waals surface area contributed by atoms with Crippen molar-refractivity contribution in [1.29, 1.82) is 0 Å². The largest absolute Gasteiger partial charge is 0.491 e. The van der Waals surface area contributed by atoms with E-state index in [9.17, 15) is 4.79 Å². The van der Waals surface area contributed by atoms with Crippen LogP contribution in [0, 0.1) is 0 Å². The highest BCUT2D eigenvalue weighted by Gasteiger charge is 2.21. The van der Waals surface area contributed by atoms with Crippen molar-refractivity contribution < 1.29 is 19.0 Å². The molecule has 0 fully saturated rings. The summed E-state index contributed by atoms with van der Waals surface area (Å²) in [5.74, 6) is 1.01. The van der Waals surface area contributed by atoms with Gasteiger partial charge in [-0.05, 0) is 47.1 Å². The van der Waals surface area contributed by atoms with Gasteiger partial charge in [0.2, 0.25) is 6.79 Å². The Morgan fingerprint density at radius 2 is 2.08 bits per heavy atom. The SMILES string of the molecule is CCOc1c(Br)cc(Cl)cc1NC(=O)c1cc(Cl)c2c(c1)OCO2. The highest BCUT2D eigenvalue weighted by Crippen LogP contribution is 2.41. The van der Waals surface area contributed by atoms with Crippen molar-refractivity contribution in [1.82, 2.24) is 0 Å². The molecule has 0 aliphatic carbocycles. The average molecular weight is 433 g/mol. The number of hydrogen-bond donors (Lipinski definition) is 1. The number of rotatable bonds is 4. The molecule has 3 rings (SSSR count). The number of anilines is 1. The molecule has 0 spiro atoms. The Balaban J connectivity index is 1.92. The van der Waals surface area contributed by atoms with Gasteiger partial charge in [0.25, 0.3) is 5.91 Å². The second-order valence-electron chi connectivity index (χ2n) is 4.84. The van der Waals surface area contributed by atoms with Gasteiger partial charge in [0.05, 0.1) is 21.8 Å². The van der Waals surface area contributed by atoms with Crippen molar-refractivity contribution in [3.63, 3.8) is 0 Å². The Bertz CT molecular complexity index is 813. The van der Waals surface area contributed by atoms with Gasteiger partial charge in [0.1, 0.15) is 0 Å². The predicted octanol–water partition coefficient (Wildman–Crippen LogP) is 5.14. The number of fused-ring (bicyclic) bond motifs is 1. The number of benzene rings is 2. The van der Waals surface area contributed by atoms with Crippen molar-refractivity contribution >= 4 is 50.7 Å². The smallest absolute Gasteiger partial charge is 0.255 e. The van der Waals surface area contributed by atoms with Crippen LogP contribution in [0.3, 0.4) is 0 Å². The van der Waals surface area contributed by atoms with Gasteiger partial charge in [-0.15, -0.1) is 0 Å². The van der Waals surface area contributed by atoms with Crippen LogP contribution in [0.5, 0.6) is 17.2 Å². The van der Waals surface area contributed by atoms with E-state index in [0.29, 0.717) is 49.6 Å². The summed E-state index contributed by atoms with van der Waals surface area (Å²) < 4.78 is 16.7. The van der Waals surface area contributed by atoms with Crippen LogP contribution in [0.4, 0.5) is 5.69 Å². The fraction of sp³-hybridized carbons (Fsp3) is 0.188. The van der Waals surface area contributed by atoms with Gasteiger partial charge >= 0.3 is 0 Å².